The van der Waals surface area contributed by atoms with Crippen LogP contribution in [0, 0.1) is 39.4 Å². The Kier molecular flexibility index (Phi) is 4.37. The number of esters is 2. The maximum Gasteiger partial charge on any atom is 0.302 e. The first kappa shape index (κ1) is 20.9. The van der Waals surface area contributed by atoms with Gasteiger partial charge in [0.25, 0.3) is 0 Å². The van der Waals surface area contributed by atoms with Gasteiger partial charge in [0.2, 0.25) is 0 Å². The van der Waals surface area contributed by atoms with Gasteiger partial charge >= 0.3 is 11.9 Å². The number of hydrogen-bond donors (Lipinski definition) is 0. The maximum atomic E-state index is 13.5. The lowest BCUT2D eigenvalue weighted by molar-refractivity contribution is -0.191. The molecule has 4 saturated carbocycles. The van der Waals surface area contributed by atoms with Crippen molar-refractivity contribution in [3.8, 4) is 0 Å². The third-order valence-corrected chi connectivity index (χ3v) is 10.1. The van der Waals surface area contributed by atoms with Gasteiger partial charge in [-0.3, -0.25) is 14.4 Å². The van der Waals surface area contributed by atoms with Crippen molar-refractivity contribution in [1.82, 2.24) is 0 Å². The maximum absolute atomic E-state index is 13.5. The molecule has 4 aliphatic carbocycles. The van der Waals surface area contributed by atoms with Gasteiger partial charge in [-0.05, 0) is 42.9 Å². The normalized spacial score (nSPS) is 52.8. The van der Waals surface area contributed by atoms with E-state index in [1.165, 1.54) is 13.8 Å². The molecule has 0 saturated heterocycles. The SMILES string of the molecule is CC[C@]1(C)C[C@@H](OC(C)=O)[C@]2(C)[C@H](C)C[C@@H]3[C@]4(CCC(=O)[C@]324)[C@@H](C)[C@@H]1OC(C)=O. The molecule has 4 aliphatic rings. The molecule has 5 nitrogen and oxygen atoms in total. The average Bonchev–Trinajstić information content (AvgIpc) is 2.96. The Morgan fingerprint density at radius 3 is 2.28 bits per heavy atom. The molecule has 0 bridgehead atoms. The highest BCUT2D eigenvalue weighted by Gasteiger charge is 2.94. The average molecular weight is 405 g/mol. The summed E-state index contributed by atoms with van der Waals surface area (Å²) in [6, 6.07) is 0. The number of carbonyl (C=O) groups is 3. The summed E-state index contributed by atoms with van der Waals surface area (Å²) in [6.45, 7) is 13.9. The Morgan fingerprint density at radius 2 is 1.72 bits per heavy atom. The van der Waals surface area contributed by atoms with E-state index in [1.54, 1.807) is 0 Å². The lowest BCUT2D eigenvalue weighted by atomic mass is 9.53. The summed E-state index contributed by atoms with van der Waals surface area (Å²) in [5, 5.41) is 0. The first-order valence-corrected chi connectivity index (χ1v) is 11.3. The van der Waals surface area contributed by atoms with Crippen LogP contribution in [0.25, 0.3) is 0 Å². The highest BCUT2D eigenvalue weighted by atomic mass is 16.6. The number of rotatable bonds is 3. The number of Topliss-reactive ketones (excluding diaryl/α,β-unsaturated/α-hetero) is 1. The van der Waals surface area contributed by atoms with Crippen LogP contribution in [0.4, 0.5) is 0 Å². The molecule has 162 valence electrons. The topological polar surface area (TPSA) is 69.7 Å². The van der Waals surface area contributed by atoms with Crippen LogP contribution >= 0.6 is 0 Å². The molecule has 4 fully saturated rings. The lowest BCUT2D eigenvalue weighted by Gasteiger charge is -2.54. The van der Waals surface area contributed by atoms with Crippen molar-refractivity contribution in [1.29, 1.82) is 0 Å². The summed E-state index contributed by atoms with van der Waals surface area (Å²) in [7, 11) is 0. The van der Waals surface area contributed by atoms with Gasteiger partial charge in [0.1, 0.15) is 18.0 Å². The zero-order chi connectivity index (χ0) is 21.6. The summed E-state index contributed by atoms with van der Waals surface area (Å²) < 4.78 is 12.0. The molecule has 0 N–H and O–H groups in total. The fourth-order valence-electron chi connectivity index (χ4n) is 8.77. The van der Waals surface area contributed by atoms with E-state index in [-0.39, 0.29) is 46.3 Å². The van der Waals surface area contributed by atoms with E-state index in [2.05, 4.69) is 34.6 Å². The van der Waals surface area contributed by atoms with Crippen LogP contribution in [0.15, 0.2) is 0 Å². The largest absolute Gasteiger partial charge is 0.462 e. The summed E-state index contributed by atoms with van der Waals surface area (Å²) in [5.74, 6) is 0.504. The highest BCUT2D eigenvalue weighted by molar-refractivity contribution is 5.95. The van der Waals surface area contributed by atoms with Crippen LogP contribution in [0.1, 0.15) is 80.6 Å². The van der Waals surface area contributed by atoms with Crippen LogP contribution in [0.3, 0.4) is 0 Å². The van der Waals surface area contributed by atoms with Crippen molar-refractivity contribution in [2.24, 2.45) is 39.4 Å². The minimum Gasteiger partial charge on any atom is -0.462 e. The first-order chi connectivity index (χ1) is 13.4. The fraction of sp³-hybridized carbons (Fsp3) is 0.875. The summed E-state index contributed by atoms with van der Waals surface area (Å²) in [4.78, 5) is 37.8. The number of carbonyl (C=O) groups excluding carboxylic acids is 3. The van der Waals surface area contributed by atoms with Crippen LogP contribution in [0.2, 0.25) is 0 Å². The summed E-state index contributed by atoms with van der Waals surface area (Å²) in [6.07, 6.45) is 3.25. The van der Waals surface area contributed by atoms with Crippen LogP contribution in [-0.2, 0) is 23.9 Å². The fourth-order valence-corrected chi connectivity index (χ4v) is 8.77. The monoisotopic (exact) mass is 404 g/mol. The van der Waals surface area contributed by atoms with E-state index in [1.807, 2.05) is 0 Å². The van der Waals surface area contributed by atoms with E-state index in [9.17, 15) is 14.4 Å². The lowest BCUT2D eigenvalue weighted by Crippen LogP contribution is -2.57. The predicted octanol–water partition coefficient (Wildman–Crippen LogP) is 4.32. The Bertz CT molecular complexity index is 775. The van der Waals surface area contributed by atoms with Gasteiger partial charge in [0, 0.05) is 42.4 Å². The van der Waals surface area contributed by atoms with Gasteiger partial charge in [-0.25, -0.2) is 0 Å². The third-order valence-electron chi connectivity index (χ3n) is 10.1. The molecule has 0 aromatic rings. The summed E-state index contributed by atoms with van der Waals surface area (Å²) >= 11 is 0. The molecule has 0 amide bonds. The molecule has 9 atom stereocenters. The summed E-state index contributed by atoms with van der Waals surface area (Å²) in [5.41, 5.74) is -1.26. The van der Waals surface area contributed by atoms with Crippen molar-refractivity contribution >= 4 is 17.7 Å². The van der Waals surface area contributed by atoms with Crippen LogP contribution in [-0.4, -0.2) is 29.9 Å². The molecule has 4 rings (SSSR count). The van der Waals surface area contributed by atoms with E-state index in [4.69, 9.17) is 9.47 Å². The Labute approximate surface area is 174 Å². The molecule has 1 spiro atoms. The Hall–Kier alpha value is -1.39. The number of ketones is 1. The molecule has 29 heavy (non-hydrogen) atoms. The van der Waals surface area contributed by atoms with Gasteiger partial charge in [-0.1, -0.05) is 34.6 Å². The smallest absolute Gasteiger partial charge is 0.302 e. The van der Waals surface area contributed by atoms with E-state index in [0.29, 0.717) is 30.5 Å². The van der Waals surface area contributed by atoms with Crippen molar-refractivity contribution in [3.05, 3.63) is 0 Å². The van der Waals surface area contributed by atoms with Gasteiger partial charge < -0.3 is 9.47 Å². The van der Waals surface area contributed by atoms with Crippen molar-refractivity contribution in [2.45, 2.75) is 92.8 Å². The molecule has 0 aromatic carbocycles. The van der Waals surface area contributed by atoms with E-state index >= 15 is 0 Å². The molecule has 0 radical (unpaired) electrons. The second-order valence-corrected chi connectivity index (χ2v) is 10.9. The quantitative estimate of drug-likeness (QED) is 0.655. The van der Waals surface area contributed by atoms with Gasteiger partial charge in [-0.15, -0.1) is 0 Å². The van der Waals surface area contributed by atoms with Gasteiger partial charge in [0.15, 0.2) is 0 Å². The number of ether oxygens (including phenoxy) is 2. The molecule has 0 heterocycles. The van der Waals surface area contributed by atoms with Gasteiger partial charge in [0.05, 0.1) is 0 Å². The Morgan fingerprint density at radius 1 is 1.10 bits per heavy atom. The molecule has 5 heteroatoms. The van der Waals surface area contributed by atoms with Gasteiger partial charge in [-0.2, -0.15) is 0 Å². The minimum atomic E-state index is -0.438. The molecule has 0 aromatic heterocycles. The van der Waals surface area contributed by atoms with Crippen molar-refractivity contribution in [2.75, 3.05) is 0 Å². The zero-order valence-electron chi connectivity index (χ0n) is 19.0. The van der Waals surface area contributed by atoms with E-state index in [0.717, 1.165) is 19.3 Å². The van der Waals surface area contributed by atoms with Crippen molar-refractivity contribution in [3.63, 3.8) is 0 Å². The zero-order valence-corrected chi connectivity index (χ0v) is 19.0. The second kappa shape index (κ2) is 6.07. The second-order valence-electron chi connectivity index (χ2n) is 10.9. The molecule has 0 unspecified atom stereocenters. The highest BCUT2D eigenvalue weighted by Crippen LogP contribution is 2.92. The van der Waals surface area contributed by atoms with Crippen LogP contribution < -0.4 is 0 Å². The molecular formula is C24H36O5. The number of hydrogen-bond acceptors (Lipinski definition) is 5. The third kappa shape index (κ3) is 2.15. The first-order valence-electron chi connectivity index (χ1n) is 11.3. The van der Waals surface area contributed by atoms with E-state index < -0.39 is 5.41 Å². The predicted molar refractivity (Wildman–Crippen MR) is 108 cm³/mol. The van der Waals surface area contributed by atoms with Crippen molar-refractivity contribution < 1.29 is 23.9 Å². The van der Waals surface area contributed by atoms with Crippen LogP contribution in [0.5, 0.6) is 0 Å². The molecular weight excluding hydrogens is 368 g/mol. The minimum absolute atomic E-state index is 0.109. The standard InChI is InChI=1S/C24H36O5/c1-8-21(6)12-19(28-15(4)25)22(7)13(2)11-17-23(10-9-18(27)24(17,22)23)14(3)20(21)29-16(5)26/h13-14,17,19-20H,8-12H2,1-7H3/t13-,14+,17-,19-,20+,21-,22+,23+,24-/m1/s1. The molecule has 0 aliphatic heterocycles. The Balaban J connectivity index is 1.93.